The second kappa shape index (κ2) is 7.35. The quantitative estimate of drug-likeness (QED) is 0.684. The topological polar surface area (TPSA) is 88.6 Å². The van der Waals surface area contributed by atoms with E-state index in [9.17, 15) is 21.6 Å². The smallest absolute Gasteiger partial charge is 0.243 e. The van der Waals surface area contributed by atoms with E-state index in [1.807, 2.05) is 0 Å². The molecule has 3 rings (SSSR count). The first-order valence-electron chi connectivity index (χ1n) is 8.23. The second-order valence-electron chi connectivity index (χ2n) is 6.35. The highest BCUT2D eigenvalue weighted by Crippen LogP contribution is 2.28. The van der Waals surface area contributed by atoms with Crippen LogP contribution in [-0.2, 0) is 19.9 Å². The van der Waals surface area contributed by atoms with Gasteiger partial charge in [0.1, 0.15) is 0 Å². The number of sulfonamides is 1. The first kappa shape index (κ1) is 20.0. The molecule has 2 aromatic rings. The molecule has 1 atom stereocenters. The fraction of sp³-hybridized carbons (Fsp3) is 0.278. The number of ketones is 1. The van der Waals surface area contributed by atoms with Gasteiger partial charge >= 0.3 is 0 Å². The fourth-order valence-electron chi connectivity index (χ4n) is 3.00. The van der Waals surface area contributed by atoms with Crippen LogP contribution in [-0.4, -0.2) is 45.3 Å². The van der Waals surface area contributed by atoms with Crippen LogP contribution in [0.1, 0.15) is 23.7 Å². The van der Waals surface area contributed by atoms with Crippen LogP contribution < -0.4 is 0 Å². The number of nitrogens with zero attached hydrogens (tertiary/aromatic N) is 1. The number of carbonyl (C=O) groups is 1. The van der Waals surface area contributed by atoms with Gasteiger partial charge < -0.3 is 0 Å². The molecule has 9 heteroatoms. The molecule has 1 aliphatic heterocycles. The minimum atomic E-state index is -3.83. The van der Waals surface area contributed by atoms with Gasteiger partial charge in [-0.1, -0.05) is 23.7 Å². The molecule has 0 amide bonds. The number of halogens is 1. The Bertz CT molecular complexity index is 1060. The van der Waals surface area contributed by atoms with E-state index < -0.39 is 25.1 Å². The van der Waals surface area contributed by atoms with Crippen LogP contribution in [0.15, 0.2) is 58.3 Å². The molecule has 0 saturated carbocycles. The SMILES string of the molecule is CC(=O)c1ccc(S(=O)(=O)N2CCC(S(=O)(=O)c3ccc(Cl)cc3)C2)cc1. The molecule has 27 heavy (non-hydrogen) atoms. The first-order chi connectivity index (χ1) is 12.6. The number of Topliss-reactive ketones (excluding diaryl/α,β-unsaturated/α-hetero) is 1. The predicted octanol–water partition coefficient (Wildman–Crippen LogP) is 2.78. The van der Waals surface area contributed by atoms with Gasteiger partial charge in [-0.25, -0.2) is 16.8 Å². The van der Waals surface area contributed by atoms with Crippen molar-refractivity contribution in [1.82, 2.24) is 4.31 Å². The van der Waals surface area contributed by atoms with Crippen molar-refractivity contribution in [3.8, 4) is 0 Å². The Morgan fingerprint density at radius 2 is 1.52 bits per heavy atom. The maximum atomic E-state index is 12.8. The van der Waals surface area contributed by atoms with E-state index >= 15 is 0 Å². The summed E-state index contributed by atoms with van der Waals surface area (Å²) in [5.41, 5.74) is 0.415. The highest BCUT2D eigenvalue weighted by Gasteiger charge is 2.39. The molecular weight excluding hydrogens is 410 g/mol. The lowest BCUT2D eigenvalue weighted by atomic mass is 10.2. The van der Waals surface area contributed by atoms with Crippen LogP contribution in [0.2, 0.25) is 5.02 Å². The number of hydrogen-bond donors (Lipinski definition) is 0. The Morgan fingerprint density at radius 3 is 2.07 bits per heavy atom. The van der Waals surface area contributed by atoms with E-state index in [2.05, 4.69) is 0 Å². The van der Waals surface area contributed by atoms with Gasteiger partial charge in [0.2, 0.25) is 10.0 Å². The molecule has 144 valence electrons. The van der Waals surface area contributed by atoms with Crippen molar-refractivity contribution in [3.05, 3.63) is 59.1 Å². The van der Waals surface area contributed by atoms with Gasteiger partial charge in [-0.15, -0.1) is 0 Å². The van der Waals surface area contributed by atoms with Crippen molar-refractivity contribution in [2.24, 2.45) is 0 Å². The lowest BCUT2D eigenvalue weighted by Gasteiger charge is -2.17. The largest absolute Gasteiger partial charge is 0.295 e. The highest BCUT2D eigenvalue weighted by molar-refractivity contribution is 7.92. The minimum Gasteiger partial charge on any atom is -0.295 e. The summed E-state index contributed by atoms with van der Waals surface area (Å²) in [4.78, 5) is 11.5. The summed E-state index contributed by atoms with van der Waals surface area (Å²) in [6.45, 7) is 1.41. The molecule has 0 spiro atoms. The van der Waals surface area contributed by atoms with Crippen LogP contribution in [0.25, 0.3) is 0 Å². The van der Waals surface area contributed by atoms with Crippen LogP contribution in [0.4, 0.5) is 0 Å². The monoisotopic (exact) mass is 427 g/mol. The summed E-state index contributed by atoms with van der Waals surface area (Å²) >= 11 is 5.80. The zero-order valence-electron chi connectivity index (χ0n) is 14.5. The van der Waals surface area contributed by atoms with Crippen molar-refractivity contribution in [3.63, 3.8) is 0 Å². The van der Waals surface area contributed by atoms with Crippen molar-refractivity contribution in [2.45, 2.75) is 28.4 Å². The molecule has 0 bridgehead atoms. The lowest BCUT2D eigenvalue weighted by Crippen LogP contribution is -2.32. The normalized spacial score (nSPS) is 18.5. The zero-order chi connectivity index (χ0) is 19.8. The summed E-state index contributed by atoms with van der Waals surface area (Å²) in [7, 11) is -7.48. The van der Waals surface area contributed by atoms with Crippen LogP contribution in [0, 0.1) is 0 Å². The summed E-state index contributed by atoms with van der Waals surface area (Å²) in [6, 6.07) is 11.5. The van der Waals surface area contributed by atoms with Gasteiger partial charge in [0, 0.05) is 23.7 Å². The van der Waals surface area contributed by atoms with Gasteiger partial charge in [-0.05, 0) is 49.7 Å². The molecule has 0 N–H and O–H groups in total. The Balaban J connectivity index is 1.82. The maximum absolute atomic E-state index is 12.8. The van der Waals surface area contributed by atoms with Crippen LogP contribution in [0.3, 0.4) is 0 Å². The van der Waals surface area contributed by atoms with Crippen LogP contribution in [0.5, 0.6) is 0 Å². The standard InChI is InChI=1S/C18H18ClNO5S2/c1-13(21)14-2-6-17(7-3-14)27(24,25)20-11-10-18(12-20)26(22,23)16-8-4-15(19)5-9-16/h2-9,18H,10-12H2,1H3. The zero-order valence-corrected chi connectivity index (χ0v) is 16.9. The van der Waals surface area contributed by atoms with E-state index in [1.165, 1.54) is 59.8 Å². The molecule has 0 aromatic heterocycles. The molecule has 6 nitrogen and oxygen atoms in total. The van der Waals surface area contributed by atoms with Crippen LogP contribution >= 0.6 is 11.6 Å². The summed E-state index contributed by atoms with van der Waals surface area (Å²) in [5.74, 6) is -0.158. The van der Waals surface area contributed by atoms with Crippen molar-refractivity contribution >= 4 is 37.2 Å². The third kappa shape index (κ3) is 3.94. The van der Waals surface area contributed by atoms with Gasteiger partial charge in [-0.2, -0.15) is 4.31 Å². The highest BCUT2D eigenvalue weighted by atomic mass is 35.5. The maximum Gasteiger partial charge on any atom is 0.243 e. The lowest BCUT2D eigenvalue weighted by molar-refractivity contribution is 0.101. The molecule has 2 aromatic carbocycles. The van der Waals surface area contributed by atoms with E-state index in [0.29, 0.717) is 10.6 Å². The fourth-order valence-corrected chi connectivity index (χ4v) is 6.41. The molecule has 1 fully saturated rings. The van der Waals surface area contributed by atoms with E-state index in [1.54, 1.807) is 0 Å². The Morgan fingerprint density at radius 1 is 0.963 bits per heavy atom. The number of benzene rings is 2. The van der Waals surface area contributed by atoms with E-state index in [-0.39, 0.29) is 35.1 Å². The van der Waals surface area contributed by atoms with Gasteiger partial charge in [0.05, 0.1) is 15.0 Å². The summed E-state index contributed by atoms with van der Waals surface area (Å²) in [6.07, 6.45) is 0.218. The van der Waals surface area contributed by atoms with Crippen molar-refractivity contribution in [1.29, 1.82) is 0 Å². The van der Waals surface area contributed by atoms with Gasteiger partial charge in [-0.3, -0.25) is 4.79 Å². The average molecular weight is 428 g/mol. The molecule has 1 heterocycles. The third-order valence-corrected chi connectivity index (χ3v) is 8.91. The number of sulfone groups is 1. The van der Waals surface area contributed by atoms with Gasteiger partial charge in [0.25, 0.3) is 0 Å². The molecule has 1 saturated heterocycles. The number of hydrogen-bond acceptors (Lipinski definition) is 5. The van der Waals surface area contributed by atoms with Crippen molar-refractivity contribution in [2.75, 3.05) is 13.1 Å². The number of carbonyl (C=O) groups excluding carboxylic acids is 1. The second-order valence-corrected chi connectivity index (χ2v) is 11.0. The summed E-state index contributed by atoms with van der Waals surface area (Å²) < 4.78 is 52.3. The summed E-state index contributed by atoms with van der Waals surface area (Å²) in [5, 5.41) is -0.386. The Hall–Kier alpha value is -1.74. The predicted molar refractivity (Wildman–Crippen MR) is 102 cm³/mol. The molecule has 0 aliphatic carbocycles. The minimum absolute atomic E-state index is 0.0389. The molecule has 0 radical (unpaired) electrons. The Labute approximate surface area is 163 Å². The molecular formula is C18H18ClNO5S2. The third-order valence-electron chi connectivity index (χ3n) is 4.59. The van der Waals surface area contributed by atoms with E-state index in [4.69, 9.17) is 11.6 Å². The Kier molecular flexibility index (Phi) is 5.45. The van der Waals surface area contributed by atoms with E-state index in [0.717, 1.165) is 0 Å². The van der Waals surface area contributed by atoms with Crippen molar-refractivity contribution < 1.29 is 21.6 Å². The molecule has 1 unspecified atom stereocenters. The first-order valence-corrected chi connectivity index (χ1v) is 11.6. The number of rotatable bonds is 5. The average Bonchev–Trinajstić information content (AvgIpc) is 3.14. The van der Waals surface area contributed by atoms with Gasteiger partial charge in [0.15, 0.2) is 15.6 Å². The molecule has 1 aliphatic rings.